The van der Waals surface area contributed by atoms with Crippen LogP contribution < -0.4 is 0 Å². The molecule has 1 aromatic rings. The van der Waals surface area contributed by atoms with E-state index in [0.29, 0.717) is 6.42 Å². The van der Waals surface area contributed by atoms with Gasteiger partial charge in [-0.25, -0.2) is 13.2 Å². The summed E-state index contributed by atoms with van der Waals surface area (Å²) in [6, 6.07) is 0. The molecule has 98 valence electrons. The lowest BCUT2D eigenvalue weighted by Gasteiger charge is -2.38. The highest BCUT2D eigenvalue weighted by Crippen LogP contribution is 2.49. The summed E-state index contributed by atoms with van der Waals surface area (Å²) in [4.78, 5) is 11.2. The molecule has 18 heavy (non-hydrogen) atoms. The molecule has 0 atom stereocenters. The standard InChI is InChI=1S/C11H7BrClF3O2/c12-5-8(15)6(13)4(7(14)9(5)16)11(10(17)18)2-1-3-11/h1-3H2,(H,17,18). The Morgan fingerprint density at radius 3 is 2.17 bits per heavy atom. The van der Waals surface area contributed by atoms with E-state index >= 15 is 0 Å². The van der Waals surface area contributed by atoms with Gasteiger partial charge in [-0.1, -0.05) is 18.0 Å². The molecule has 2 rings (SSSR count). The van der Waals surface area contributed by atoms with Crippen LogP contribution in [0.5, 0.6) is 0 Å². The Bertz CT molecular complexity index is 515. The van der Waals surface area contributed by atoms with Crippen molar-refractivity contribution in [3.05, 3.63) is 32.5 Å². The smallest absolute Gasteiger partial charge is 0.314 e. The molecular weight excluding hydrogens is 336 g/mol. The summed E-state index contributed by atoms with van der Waals surface area (Å²) in [5.74, 6) is -5.37. The molecule has 2 nitrogen and oxygen atoms in total. The topological polar surface area (TPSA) is 37.3 Å². The monoisotopic (exact) mass is 342 g/mol. The van der Waals surface area contributed by atoms with Crippen LogP contribution in [-0.2, 0) is 10.2 Å². The Hall–Kier alpha value is -0.750. The normalized spacial score (nSPS) is 17.4. The average Bonchev–Trinajstić information content (AvgIpc) is 2.26. The predicted molar refractivity (Wildman–Crippen MR) is 62.2 cm³/mol. The van der Waals surface area contributed by atoms with Crippen molar-refractivity contribution in [1.29, 1.82) is 0 Å². The van der Waals surface area contributed by atoms with Gasteiger partial charge in [0, 0.05) is 5.56 Å². The summed E-state index contributed by atoms with van der Waals surface area (Å²) < 4.78 is 40.2. The summed E-state index contributed by atoms with van der Waals surface area (Å²) in [5, 5.41) is 8.48. The minimum Gasteiger partial charge on any atom is -0.481 e. The number of hydrogen-bond acceptors (Lipinski definition) is 1. The van der Waals surface area contributed by atoms with Gasteiger partial charge >= 0.3 is 5.97 Å². The van der Waals surface area contributed by atoms with Gasteiger partial charge in [-0.05, 0) is 28.8 Å². The second-order valence-electron chi connectivity index (χ2n) is 4.19. The largest absolute Gasteiger partial charge is 0.481 e. The molecule has 0 unspecified atom stereocenters. The molecule has 0 heterocycles. The van der Waals surface area contributed by atoms with E-state index in [2.05, 4.69) is 15.9 Å². The molecule has 0 amide bonds. The van der Waals surface area contributed by atoms with Gasteiger partial charge in [0.25, 0.3) is 0 Å². The van der Waals surface area contributed by atoms with Crippen molar-refractivity contribution < 1.29 is 23.1 Å². The molecule has 1 aliphatic carbocycles. The minimum atomic E-state index is -1.62. The second-order valence-corrected chi connectivity index (χ2v) is 5.36. The molecule has 1 saturated carbocycles. The molecule has 1 aliphatic rings. The molecule has 0 saturated heterocycles. The van der Waals surface area contributed by atoms with Crippen molar-refractivity contribution in [2.45, 2.75) is 24.7 Å². The van der Waals surface area contributed by atoms with E-state index in [0.717, 1.165) is 0 Å². The maximum absolute atomic E-state index is 13.9. The lowest BCUT2D eigenvalue weighted by molar-refractivity contribution is -0.147. The summed E-state index contributed by atoms with van der Waals surface area (Å²) in [6.45, 7) is 0. The van der Waals surface area contributed by atoms with Crippen LogP contribution in [0, 0.1) is 17.5 Å². The number of carboxylic acids is 1. The van der Waals surface area contributed by atoms with Gasteiger partial charge in [-0.2, -0.15) is 0 Å². The zero-order valence-corrected chi connectivity index (χ0v) is 11.2. The number of halogens is 5. The first-order chi connectivity index (χ1) is 8.33. The molecular formula is C11H7BrClF3O2. The Kier molecular flexibility index (Phi) is 3.36. The second kappa shape index (κ2) is 4.42. The maximum atomic E-state index is 13.9. The van der Waals surface area contributed by atoms with E-state index in [1.54, 1.807) is 0 Å². The number of hydrogen-bond donors (Lipinski definition) is 1. The first kappa shape index (κ1) is 13.7. The van der Waals surface area contributed by atoms with E-state index in [-0.39, 0.29) is 12.8 Å². The van der Waals surface area contributed by atoms with E-state index in [4.69, 9.17) is 16.7 Å². The SMILES string of the molecule is O=C(O)C1(c2c(F)c(F)c(Br)c(F)c2Cl)CCC1. The first-order valence-electron chi connectivity index (χ1n) is 5.08. The van der Waals surface area contributed by atoms with Crippen LogP contribution in [0.3, 0.4) is 0 Å². The lowest BCUT2D eigenvalue weighted by atomic mass is 9.64. The summed E-state index contributed by atoms with van der Waals surface area (Å²) in [7, 11) is 0. The number of carboxylic acid groups (broad SMARTS) is 1. The van der Waals surface area contributed by atoms with Crippen LogP contribution in [0.25, 0.3) is 0 Å². The fraction of sp³-hybridized carbons (Fsp3) is 0.364. The van der Waals surface area contributed by atoms with Gasteiger partial charge in [-0.3, -0.25) is 4.79 Å². The highest BCUT2D eigenvalue weighted by molar-refractivity contribution is 9.10. The third-order valence-electron chi connectivity index (χ3n) is 3.30. The number of carbonyl (C=O) groups is 1. The minimum absolute atomic E-state index is 0.111. The van der Waals surface area contributed by atoms with E-state index < -0.39 is 43.9 Å². The third-order valence-corrected chi connectivity index (χ3v) is 4.36. The fourth-order valence-electron chi connectivity index (χ4n) is 2.13. The highest BCUT2D eigenvalue weighted by Gasteiger charge is 2.50. The Balaban J connectivity index is 2.76. The number of aliphatic carboxylic acids is 1. The van der Waals surface area contributed by atoms with Gasteiger partial charge in [0.05, 0.1) is 14.9 Å². The Morgan fingerprint density at radius 2 is 1.78 bits per heavy atom. The fourth-order valence-corrected chi connectivity index (χ4v) is 2.97. The zero-order chi connectivity index (χ0) is 13.7. The van der Waals surface area contributed by atoms with Gasteiger partial charge in [0.1, 0.15) is 0 Å². The van der Waals surface area contributed by atoms with Crippen molar-refractivity contribution in [3.8, 4) is 0 Å². The maximum Gasteiger partial charge on any atom is 0.314 e. The van der Waals surface area contributed by atoms with Gasteiger partial charge in [0.15, 0.2) is 17.5 Å². The predicted octanol–water partition coefficient (Wildman–Crippen LogP) is 4.03. The Labute approximate surface area is 114 Å². The van der Waals surface area contributed by atoms with Gasteiger partial charge in [-0.15, -0.1) is 0 Å². The van der Waals surface area contributed by atoms with Gasteiger partial charge < -0.3 is 5.11 Å². The molecule has 1 fully saturated rings. The highest BCUT2D eigenvalue weighted by atomic mass is 79.9. The molecule has 0 aliphatic heterocycles. The van der Waals surface area contributed by atoms with Crippen molar-refractivity contribution in [2.75, 3.05) is 0 Å². The van der Waals surface area contributed by atoms with Gasteiger partial charge in [0.2, 0.25) is 0 Å². The van der Waals surface area contributed by atoms with Crippen LogP contribution in [0.15, 0.2) is 4.47 Å². The molecule has 0 spiro atoms. The average molecular weight is 344 g/mol. The van der Waals surface area contributed by atoms with Crippen LogP contribution >= 0.6 is 27.5 Å². The zero-order valence-electron chi connectivity index (χ0n) is 8.87. The molecule has 0 aromatic heterocycles. The number of rotatable bonds is 2. The molecule has 0 radical (unpaired) electrons. The molecule has 0 bridgehead atoms. The Morgan fingerprint density at radius 1 is 1.22 bits per heavy atom. The van der Waals surface area contributed by atoms with Crippen LogP contribution in [0.1, 0.15) is 24.8 Å². The van der Waals surface area contributed by atoms with E-state index in [1.807, 2.05) is 0 Å². The van der Waals surface area contributed by atoms with Crippen LogP contribution in [0.4, 0.5) is 13.2 Å². The van der Waals surface area contributed by atoms with Crippen molar-refractivity contribution >= 4 is 33.5 Å². The van der Waals surface area contributed by atoms with Crippen molar-refractivity contribution in [1.82, 2.24) is 0 Å². The van der Waals surface area contributed by atoms with Crippen LogP contribution in [0.2, 0.25) is 5.02 Å². The summed E-state index contributed by atoms with van der Waals surface area (Å²) in [6.07, 6.45) is 0.764. The lowest BCUT2D eigenvalue weighted by Crippen LogP contribution is -2.43. The quantitative estimate of drug-likeness (QED) is 0.650. The first-order valence-corrected chi connectivity index (χ1v) is 6.25. The van der Waals surface area contributed by atoms with Crippen molar-refractivity contribution in [3.63, 3.8) is 0 Å². The van der Waals surface area contributed by atoms with E-state index in [1.165, 1.54) is 0 Å². The summed E-state index contributed by atoms with van der Waals surface area (Å²) in [5.41, 5.74) is -2.22. The molecule has 1 N–H and O–H groups in total. The van der Waals surface area contributed by atoms with Crippen molar-refractivity contribution in [2.24, 2.45) is 0 Å². The molecule has 1 aromatic carbocycles. The third kappa shape index (κ3) is 1.66. The molecule has 7 heteroatoms. The number of benzene rings is 1. The summed E-state index contributed by atoms with van der Waals surface area (Å²) >= 11 is 8.18. The van der Waals surface area contributed by atoms with Crippen LogP contribution in [-0.4, -0.2) is 11.1 Å². The van der Waals surface area contributed by atoms with E-state index in [9.17, 15) is 18.0 Å².